The fourth-order valence-electron chi connectivity index (χ4n) is 3.61. The molecule has 4 rings (SSSR count). The molecule has 184 valence electrons. The van der Waals surface area contributed by atoms with Gasteiger partial charge in [0.25, 0.3) is 11.5 Å². The summed E-state index contributed by atoms with van der Waals surface area (Å²) in [7, 11) is 0. The molecule has 0 saturated heterocycles. The van der Waals surface area contributed by atoms with Gasteiger partial charge in [0.15, 0.2) is 5.16 Å². The van der Waals surface area contributed by atoms with Crippen molar-refractivity contribution < 1.29 is 14.3 Å². The van der Waals surface area contributed by atoms with Gasteiger partial charge in [-0.25, -0.2) is 4.98 Å². The summed E-state index contributed by atoms with van der Waals surface area (Å²) in [4.78, 5) is 42.8. The minimum atomic E-state index is -0.391. The number of halogens is 1. The number of hydrogen-bond acceptors (Lipinski definition) is 6. The lowest BCUT2D eigenvalue weighted by Crippen LogP contribution is -2.25. The van der Waals surface area contributed by atoms with Gasteiger partial charge < -0.3 is 10.1 Å². The molecule has 0 fully saturated rings. The van der Waals surface area contributed by atoms with Crippen LogP contribution in [0.4, 0.5) is 0 Å². The van der Waals surface area contributed by atoms with Crippen LogP contribution in [0.3, 0.4) is 0 Å². The number of hydrogen-bond donors (Lipinski definition) is 1. The molecule has 1 N–H and O–H groups in total. The summed E-state index contributed by atoms with van der Waals surface area (Å²) in [6.45, 7) is 2.62. The topological polar surface area (TPSA) is 90.3 Å². The zero-order valence-corrected chi connectivity index (χ0v) is 21.1. The van der Waals surface area contributed by atoms with Crippen molar-refractivity contribution in [3.05, 3.63) is 105 Å². The highest BCUT2D eigenvalue weighted by atomic mass is 35.5. The third-order valence-electron chi connectivity index (χ3n) is 5.33. The number of carbonyl (C=O) groups excluding carboxylic acids is 2. The van der Waals surface area contributed by atoms with Crippen molar-refractivity contribution in [1.29, 1.82) is 0 Å². The summed E-state index contributed by atoms with van der Waals surface area (Å²) >= 11 is 7.15. The van der Waals surface area contributed by atoms with Gasteiger partial charge in [-0.2, -0.15) is 0 Å². The molecule has 1 heterocycles. The summed E-state index contributed by atoms with van der Waals surface area (Å²) in [5.41, 5.74) is 2.30. The van der Waals surface area contributed by atoms with E-state index in [2.05, 4.69) is 10.3 Å². The molecule has 1 aromatic heterocycles. The second-order valence-electron chi connectivity index (χ2n) is 7.91. The summed E-state index contributed by atoms with van der Waals surface area (Å²) in [6.07, 6.45) is 0. The largest absolute Gasteiger partial charge is 0.465 e. The maximum absolute atomic E-state index is 13.4. The molecule has 0 unspecified atom stereocenters. The standard InChI is InChI=1S/C27H24ClN3O4S/c1-2-35-24(32)17-36-27-30-23-14-20(25(33)29-15-19-9-6-10-21(28)13-19)11-12-22(23)26(34)31(27)16-18-7-4-3-5-8-18/h3-14H,2,15-17H2,1H3,(H,29,33). The third kappa shape index (κ3) is 6.33. The lowest BCUT2D eigenvalue weighted by atomic mass is 10.1. The van der Waals surface area contributed by atoms with E-state index in [0.717, 1.165) is 22.9 Å². The predicted octanol–water partition coefficient (Wildman–Crippen LogP) is 4.68. The van der Waals surface area contributed by atoms with Crippen LogP contribution in [0.25, 0.3) is 10.9 Å². The molecule has 0 radical (unpaired) electrons. The molecule has 0 aliphatic carbocycles. The van der Waals surface area contributed by atoms with Crippen molar-refractivity contribution >= 4 is 46.1 Å². The Balaban J connectivity index is 1.64. The monoisotopic (exact) mass is 521 g/mol. The fraction of sp³-hybridized carbons (Fsp3) is 0.185. The van der Waals surface area contributed by atoms with Crippen molar-refractivity contribution in [2.24, 2.45) is 0 Å². The molecule has 7 nitrogen and oxygen atoms in total. The molecule has 0 aliphatic rings. The Bertz CT molecular complexity index is 1460. The molecule has 0 saturated carbocycles. The number of thioether (sulfide) groups is 1. The first-order valence-corrected chi connectivity index (χ1v) is 12.7. The zero-order valence-electron chi connectivity index (χ0n) is 19.6. The van der Waals surface area contributed by atoms with E-state index >= 15 is 0 Å². The van der Waals surface area contributed by atoms with Crippen LogP contribution in [0.2, 0.25) is 5.02 Å². The van der Waals surface area contributed by atoms with E-state index in [1.54, 1.807) is 41.8 Å². The average molecular weight is 522 g/mol. The SMILES string of the molecule is CCOC(=O)CSc1nc2cc(C(=O)NCc3cccc(Cl)c3)ccc2c(=O)n1Cc1ccccc1. The molecular formula is C27H24ClN3O4S. The van der Waals surface area contributed by atoms with E-state index in [0.29, 0.717) is 39.7 Å². The maximum Gasteiger partial charge on any atom is 0.316 e. The van der Waals surface area contributed by atoms with E-state index in [-0.39, 0.29) is 23.8 Å². The van der Waals surface area contributed by atoms with Gasteiger partial charge in [-0.05, 0) is 48.4 Å². The number of carbonyl (C=O) groups is 2. The molecular weight excluding hydrogens is 498 g/mol. The lowest BCUT2D eigenvalue weighted by Gasteiger charge is -2.14. The van der Waals surface area contributed by atoms with Crippen LogP contribution in [-0.2, 0) is 22.6 Å². The Morgan fingerprint density at radius 3 is 2.56 bits per heavy atom. The van der Waals surface area contributed by atoms with Gasteiger partial charge in [0.05, 0.1) is 29.8 Å². The first-order valence-electron chi connectivity index (χ1n) is 11.3. The van der Waals surface area contributed by atoms with Crippen LogP contribution in [0, 0.1) is 0 Å². The smallest absolute Gasteiger partial charge is 0.316 e. The Morgan fingerprint density at radius 2 is 1.81 bits per heavy atom. The zero-order chi connectivity index (χ0) is 25.5. The van der Waals surface area contributed by atoms with Crippen LogP contribution in [-0.4, -0.2) is 33.8 Å². The molecule has 3 aromatic carbocycles. The van der Waals surface area contributed by atoms with Crippen molar-refractivity contribution in [3.8, 4) is 0 Å². The highest BCUT2D eigenvalue weighted by Gasteiger charge is 2.16. The van der Waals surface area contributed by atoms with Crippen molar-refractivity contribution in [2.45, 2.75) is 25.2 Å². The van der Waals surface area contributed by atoms with Crippen LogP contribution in [0.5, 0.6) is 0 Å². The van der Waals surface area contributed by atoms with E-state index in [1.165, 1.54) is 0 Å². The number of nitrogens with zero attached hydrogens (tertiary/aromatic N) is 2. The Kier molecular flexibility index (Phi) is 8.40. The quantitative estimate of drug-likeness (QED) is 0.195. The summed E-state index contributed by atoms with van der Waals surface area (Å²) in [5, 5.41) is 4.22. The van der Waals surface area contributed by atoms with Crippen LogP contribution >= 0.6 is 23.4 Å². The van der Waals surface area contributed by atoms with E-state index in [4.69, 9.17) is 16.3 Å². The molecule has 0 aliphatic heterocycles. The van der Waals surface area contributed by atoms with Crippen molar-refractivity contribution in [3.63, 3.8) is 0 Å². The van der Waals surface area contributed by atoms with E-state index in [9.17, 15) is 14.4 Å². The minimum Gasteiger partial charge on any atom is -0.465 e. The molecule has 1 amide bonds. The Morgan fingerprint density at radius 1 is 1.03 bits per heavy atom. The lowest BCUT2D eigenvalue weighted by molar-refractivity contribution is -0.139. The number of benzene rings is 3. The molecule has 0 atom stereocenters. The molecule has 36 heavy (non-hydrogen) atoms. The normalized spacial score (nSPS) is 10.8. The number of nitrogens with one attached hydrogen (secondary N) is 1. The minimum absolute atomic E-state index is 0.0143. The fourth-order valence-corrected chi connectivity index (χ4v) is 4.62. The number of aromatic nitrogens is 2. The van der Waals surface area contributed by atoms with Gasteiger partial charge in [-0.3, -0.25) is 19.0 Å². The van der Waals surface area contributed by atoms with E-state index in [1.807, 2.05) is 42.5 Å². The van der Waals surface area contributed by atoms with Gasteiger partial charge in [0, 0.05) is 17.1 Å². The molecule has 0 spiro atoms. The summed E-state index contributed by atoms with van der Waals surface area (Å²) < 4.78 is 6.57. The molecule has 0 bridgehead atoms. The number of rotatable bonds is 9. The molecule has 4 aromatic rings. The maximum atomic E-state index is 13.4. The second-order valence-corrected chi connectivity index (χ2v) is 9.29. The van der Waals surface area contributed by atoms with Gasteiger partial charge in [0.2, 0.25) is 0 Å². The van der Waals surface area contributed by atoms with Gasteiger partial charge in [-0.15, -0.1) is 0 Å². The van der Waals surface area contributed by atoms with Crippen LogP contribution in [0.1, 0.15) is 28.4 Å². The average Bonchev–Trinajstić information content (AvgIpc) is 2.88. The van der Waals surface area contributed by atoms with Crippen molar-refractivity contribution in [1.82, 2.24) is 14.9 Å². The van der Waals surface area contributed by atoms with Gasteiger partial charge in [-0.1, -0.05) is 65.8 Å². The number of amides is 1. The number of esters is 1. The third-order valence-corrected chi connectivity index (χ3v) is 6.52. The summed E-state index contributed by atoms with van der Waals surface area (Å²) in [6, 6.07) is 21.6. The van der Waals surface area contributed by atoms with Gasteiger partial charge in [0.1, 0.15) is 0 Å². The summed E-state index contributed by atoms with van der Waals surface area (Å²) in [5.74, 6) is -0.675. The van der Waals surface area contributed by atoms with Gasteiger partial charge >= 0.3 is 5.97 Å². The molecule has 9 heteroatoms. The predicted molar refractivity (Wildman–Crippen MR) is 142 cm³/mol. The Hall–Kier alpha value is -3.62. The number of ether oxygens (including phenoxy) is 1. The number of fused-ring (bicyclic) bond motifs is 1. The first kappa shape index (κ1) is 25.5. The van der Waals surface area contributed by atoms with Crippen LogP contribution < -0.4 is 10.9 Å². The first-order chi connectivity index (χ1) is 17.4. The highest BCUT2D eigenvalue weighted by molar-refractivity contribution is 7.99. The Labute approximate surface area is 217 Å². The van der Waals surface area contributed by atoms with Crippen molar-refractivity contribution in [2.75, 3.05) is 12.4 Å². The second kappa shape index (κ2) is 11.9. The van der Waals surface area contributed by atoms with Crippen LogP contribution in [0.15, 0.2) is 82.7 Å². The van der Waals surface area contributed by atoms with E-state index < -0.39 is 5.97 Å². The highest BCUT2D eigenvalue weighted by Crippen LogP contribution is 2.20.